The number of imidazole rings is 1. The maximum atomic E-state index is 5.35. The molecule has 0 saturated carbocycles. The molecule has 0 aromatic carbocycles. The summed E-state index contributed by atoms with van der Waals surface area (Å²) >= 11 is 0. The molecule has 0 unspecified atom stereocenters. The van der Waals surface area contributed by atoms with Gasteiger partial charge in [0.2, 0.25) is 0 Å². The van der Waals surface area contributed by atoms with Gasteiger partial charge in [-0.05, 0) is 25.1 Å². The Morgan fingerprint density at radius 2 is 2.40 bits per heavy atom. The third kappa shape index (κ3) is 2.10. The number of hydrogen-bond acceptors (Lipinski definition) is 3. The van der Waals surface area contributed by atoms with E-state index in [2.05, 4.69) is 22.2 Å². The molecule has 4 nitrogen and oxygen atoms in total. The molecule has 0 bridgehead atoms. The van der Waals surface area contributed by atoms with Gasteiger partial charge in [-0.25, -0.2) is 4.98 Å². The minimum absolute atomic E-state index is 0.797. The van der Waals surface area contributed by atoms with Crippen LogP contribution in [0.4, 0.5) is 0 Å². The highest BCUT2D eigenvalue weighted by molar-refractivity contribution is 5.52. The molecule has 2 heterocycles. The van der Waals surface area contributed by atoms with E-state index in [1.807, 2.05) is 19.2 Å². The van der Waals surface area contributed by atoms with Crippen LogP contribution >= 0.6 is 0 Å². The Morgan fingerprint density at radius 3 is 3.07 bits per heavy atom. The van der Waals surface area contributed by atoms with Crippen molar-refractivity contribution < 1.29 is 4.42 Å². The molecule has 4 heteroatoms. The van der Waals surface area contributed by atoms with E-state index in [9.17, 15) is 0 Å². The second kappa shape index (κ2) is 4.31. The summed E-state index contributed by atoms with van der Waals surface area (Å²) in [5.41, 5.74) is 2.17. The van der Waals surface area contributed by atoms with E-state index in [4.69, 9.17) is 4.42 Å². The zero-order valence-electron chi connectivity index (χ0n) is 9.00. The summed E-state index contributed by atoms with van der Waals surface area (Å²) < 4.78 is 5.35. The zero-order valence-corrected chi connectivity index (χ0v) is 9.00. The summed E-state index contributed by atoms with van der Waals surface area (Å²) in [6.07, 6.45) is 3.51. The van der Waals surface area contributed by atoms with E-state index in [1.54, 1.807) is 6.26 Å². The number of nitrogens with zero attached hydrogens (tertiary/aromatic N) is 1. The van der Waals surface area contributed by atoms with Crippen LogP contribution in [0.1, 0.15) is 18.2 Å². The fourth-order valence-electron chi connectivity index (χ4n) is 1.44. The van der Waals surface area contributed by atoms with Crippen LogP contribution in [0.25, 0.3) is 11.6 Å². The van der Waals surface area contributed by atoms with Gasteiger partial charge in [0.25, 0.3) is 0 Å². The monoisotopic (exact) mass is 205 g/mol. The molecule has 0 amide bonds. The van der Waals surface area contributed by atoms with Crippen LogP contribution in [0.5, 0.6) is 0 Å². The smallest absolute Gasteiger partial charge is 0.174 e. The fourth-order valence-corrected chi connectivity index (χ4v) is 1.44. The molecule has 0 atom stereocenters. The minimum atomic E-state index is 0.797. The van der Waals surface area contributed by atoms with Gasteiger partial charge < -0.3 is 14.7 Å². The predicted octanol–water partition coefficient (Wildman–Crippen LogP) is 2.09. The second-order valence-corrected chi connectivity index (χ2v) is 3.47. The summed E-state index contributed by atoms with van der Waals surface area (Å²) in [5, 5.41) is 3.24. The zero-order chi connectivity index (χ0) is 10.7. The SMILES string of the molecule is CCNCc1cnc(-c2occc2C)[nH]1. The van der Waals surface area contributed by atoms with Gasteiger partial charge in [-0.1, -0.05) is 6.92 Å². The lowest BCUT2D eigenvalue weighted by molar-refractivity contribution is 0.576. The van der Waals surface area contributed by atoms with Crippen molar-refractivity contribution in [1.29, 1.82) is 0 Å². The molecule has 15 heavy (non-hydrogen) atoms. The molecule has 80 valence electrons. The highest BCUT2D eigenvalue weighted by Gasteiger charge is 2.08. The van der Waals surface area contributed by atoms with Gasteiger partial charge in [0, 0.05) is 12.2 Å². The fraction of sp³-hybridized carbons (Fsp3) is 0.364. The molecule has 2 aromatic heterocycles. The second-order valence-electron chi connectivity index (χ2n) is 3.47. The van der Waals surface area contributed by atoms with Crippen LogP contribution in [0.2, 0.25) is 0 Å². The van der Waals surface area contributed by atoms with Crippen molar-refractivity contribution in [1.82, 2.24) is 15.3 Å². The van der Waals surface area contributed by atoms with Crippen molar-refractivity contribution in [3.8, 4) is 11.6 Å². The molecule has 0 aliphatic heterocycles. The minimum Gasteiger partial charge on any atom is -0.461 e. The van der Waals surface area contributed by atoms with Crippen molar-refractivity contribution >= 4 is 0 Å². The van der Waals surface area contributed by atoms with Crippen LogP contribution in [0.15, 0.2) is 22.9 Å². The van der Waals surface area contributed by atoms with E-state index in [-0.39, 0.29) is 0 Å². The first-order valence-corrected chi connectivity index (χ1v) is 5.10. The third-order valence-corrected chi connectivity index (χ3v) is 2.27. The highest BCUT2D eigenvalue weighted by Crippen LogP contribution is 2.20. The van der Waals surface area contributed by atoms with E-state index in [0.29, 0.717) is 0 Å². The van der Waals surface area contributed by atoms with Gasteiger partial charge in [0.1, 0.15) is 0 Å². The van der Waals surface area contributed by atoms with E-state index in [1.165, 1.54) is 0 Å². The summed E-state index contributed by atoms with van der Waals surface area (Å²) in [6, 6.07) is 1.93. The van der Waals surface area contributed by atoms with Gasteiger partial charge >= 0.3 is 0 Å². The predicted molar refractivity (Wildman–Crippen MR) is 58.4 cm³/mol. The molecular formula is C11H15N3O. The Bertz CT molecular complexity index is 430. The maximum absolute atomic E-state index is 5.35. The summed E-state index contributed by atoms with van der Waals surface area (Å²) in [6.45, 7) is 5.84. The molecular weight excluding hydrogens is 190 g/mol. The van der Waals surface area contributed by atoms with Crippen LogP contribution in [0, 0.1) is 6.92 Å². The van der Waals surface area contributed by atoms with Gasteiger partial charge in [0.15, 0.2) is 11.6 Å². The molecule has 0 fully saturated rings. The number of H-pyrrole nitrogens is 1. The molecule has 0 saturated heterocycles. The standard InChI is InChI=1S/C11H15N3O/c1-3-12-6-9-7-13-11(14-9)10-8(2)4-5-15-10/h4-5,7,12H,3,6H2,1-2H3,(H,13,14). The molecule has 0 aliphatic rings. The maximum Gasteiger partial charge on any atom is 0.174 e. The molecule has 0 radical (unpaired) electrons. The summed E-state index contributed by atoms with van der Waals surface area (Å²) in [4.78, 5) is 7.51. The first-order chi connectivity index (χ1) is 7.31. The average molecular weight is 205 g/mol. The Morgan fingerprint density at radius 1 is 1.53 bits per heavy atom. The number of aromatic amines is 1. The van der Waals surface area contributed by atoms with E-state index >= 15 is 0 Å². The lowest BCUT2D eigenvalue weighted by Gasteiger charge is -1.96. The van der Waals surface area contributed by atoms with Crippen molar-refractivity contribution in [2.75, 3.05) is 6.54 Å². The number of aryl methyl sites for hydroxylation is 1. The summed E-state index contributed by atoms with van der Waals surface area (Å²) in [7, 11) is 0. The van der Waals surface area contributed by atoms with Crippen molar-refractivity contribution in [3.63, 3.8) is 0 Å². The van der Waals surface area contributed by atoms with Gasteiger partial charge in [0.05, 0.1) is 12.5 Å². The quantitative estimate of drug-likeness (QED) is 0.803. The van der Waals surface area contributed by atoms with Crippen LogP contribution in [0.3, 0.4) is 0 Å². The first kappa shape index (κ1) is 9.98. The number of hydrogen-bond donors (Lipinski definition) is 2. The van der Waals surface area contributed by atoms with Crippen molar-refractivity contribution in [2.45, 2.75) is 20.4 Å². The molecule has 0 aliphatic carbocycles. The first-order valence-electron chi connectivity index (χ1n) is 5.10. The molecule has 2 rings (SSSR count). The number of rotatable bonds is 4. The normalized spacial score (nSPS) is 10.8. The molecule has 2 N–H and O–H groups in total. The lowest BCUT2D eigenvalue weighted by Crippen LogP contribution is -2.11. The van der Waals surface area contributed by atoms with E-state index < -0.39 is 0 Å². The lowest BCUT2D eigenvalue weighted by atomic mass is 10.3. The van der Waals surface area contributed by atoms with Gasteiger partial charge in [-0.2, -0.15) is 0 Å². The largest absolute Gasteiger partial charge is 0.461 e. The van der Waals surface area contributed by atoms with Crippen LogP contribution in [-0.2, 0) is 6.54 Å². The molecule has 2 aromatic rings. The van der Waals surface area contributed by atoms with Crippen LogP contribution in [-0.4, -0.2) is 16.5 Å². The molecule has 0 spiro atoms. The Hall–Kier alpha value is -1.55. The van der Waals surface area contributed by atoms with Gasteiger partial charge in [-0.3, -0.25) is 0 Å². The van der Waals surface area contributed by atoms with Crippen LogP contribution < -0.4 is 5.32 Å². The average Bonchev–Trinajstić information content (AvgIpc) is 2.83. The summed E-state index contributed by atoms with van der Waals surface area (Å²) in [5.74, 6) is 1.61. The van der Waals surface area contributed by atoms with Crippen molar-refractivity contribution in [3.05, 3.63) is 29.8 Å². The Labute approximate surface area is 88.7 Å². The van der Waals surface area contributed by atoms with Gasteiger partial charge in [-0.15, -0.1) is 0 Å². The number of aromatic nitrogens is 2. The topological polar surface area (TPSA) is 53.9 Å². The van der Waals surface area contributed by atoms with E-state index in [0.717, 1.165) is 35.9 Å². The highest BCUT2D eigenvalue weighted by atomic mass is 16.3. The third-order valence-electron chi connectivity index (χ3n) is 2.27. The number of nitrogens with one attached hydrogen (secondary N) is 2. The van der Waals surface area contributed by atoms with Crippen molar-refractivity contribution in [2.24, 2.45) is 0 Å². The number of furan rings is 1. The Kier molecular flexibility index (Phi) is 2.87. The Balaban J connectivity index is 2.17.